The largest absolute Gasteiger partial charge is 0.421 e. The van der Waals surface area contributed by atoms with E-state index in [2.05, 4.69) is 10.3 Å². The van der Waals surface area contributed by atoms with Gasteiger partial charge in [0.1, 0.15) is 5.56 Å². The summed E-state index contributed by atoms with van der Waals surface area (Å²) < 4.78 is 37.1. The number of halogens is 3. The van der Waals surface area contributed by atoms with Crippen molar-refractivity contribution in [3.05, 3.63) is 39.8 Å². The van der Waals surface area contributed by atoms with E-state index < -0.39 is 17.3 Å². The molecular formula is C10H11F3N2O. The highest BCUT2D eigenvalue weighted by atomic mass is 19.4. The van der Waals surface area contributed by atoms with Crippen molar-refractivity contribution in [2.75, 3.05) is 13.6 Å². The number of hydrogen-bond acceptors (Lipinski definition) is 2. The first-order valence-electron chi connectivity index (χ1n) is 4.56. The number of likely N-dealkylation sites (N-methyl/N-ethyl adjacent to an activating group) is 1. The Bertz CT molecular complexity index is 434. The Morgan fingerprint density at radius 1 is 1.50 bits per heavy atom. The van der Waals surface area contributed by atoms with Gasteiger partial charge in [-0.15, -0.1) is 0 Å². The maximum absolute atomic E-state index is 12.4. The van der Waals surface area contributed by atoms with Gasteiger partial charge in [-0.25, -0.2) is 0 Å². The third-order valence-electron chi connectivity index (χ3n) is 1.86. The smallest absolute Gasteiger partial charge is 0.328 e. The van der Waals surface area contributed by atoms with Crippen LogP contribution in [0.5, 0.6) is 0 Å². The Hall–Kier alpha value is -1.56. The highest BCUT2D eigenvalue weighted by Gasteiger charge is 2.33. The molecule has 3 nitrogen and oxygen atoms in total. The quantitative estimate of drug-likeness (QED) is 0.831. The fourth-order valence-electron chi connectivity index (χ4n) is 1.12. The van der Waals surface area contributed by atoms with Crippen molar-refractivity contribution in [2.24, 2.45) is 0 Å². The van der Waals surface area contributed by atoms with Crippen molar-refractivity contribution in [3.8, 4) is 0 Å². The Balaban J connectivity index is 3.04. The van der Waals surface area contributed by atoms with E-state index in [1.54, 1.807) is 13.1 Å². The zero-order valence-electron chi connectivity index (χ0n) is 8.56. The molecule has 88 valence electrons. The number of alkyl halides is 3. The van der Waals surface area contributed by atoms with E-state index in [9.17, 15) is 18.0 Å². The Labute approximate surface area is 90.0 Å². The van der Waals surface area contributed by atoms with Crippen molar-refractivity contribution >= 4 is 6.08 Å². The van der Waals surface area contributed by atoms with Crippen molar-refractivity contribution < 1.29 is 13.2 Å². The van der Waals surface area contributed by atoms with Gasteiger partial charge in [-0.05, 0) is 18.7 Å². The minimum Gasteiger partial charge on any atom is -0.328 e. The third kappa shape index (κ3) is 3.23. The molecular weight excluding hydrogens is 221 g/mol. The maximum atomic E-state index is 12.4. The highest BCUT2D eigenvalue weighted by Crippen LogP contribution is 2.26. The highest BCUT2D eigenvalue weighted by molar-refractivity contribution is 5.49. The molecule has 0 aliphatic heterocycles. The molecule has 0 saturated carbocycles. The lowest BCUT2D eigenvalue weighted by Gasteiger charge is -2.05. The summed E-state index contributed by atoms with van der Waals surface area (Å²) in [6, 6.07) is 0.824. The van der Waals surface area contributed by atoms with E-state index in [0.717, 1.165) is 6.07 Å². The zero-order chi connectivity index (χ0) is 12.2. The zero-order valence-corrected chi connectivity index (χ0v) is 8.56. The van der Waals surface area contributed by atoms with Gasteiger partial charge in [0, 0.05) is 12.7 Å². The van der Waals surface area contributed by atoms with Crippen molar-refractivity contribution in [1.82, 2.24) is 10.3 Å². The number of nitrogens with one attached hydrogen (secondary N) is 2. The van der Waals surface area contributed by atoms with E-state index in [-0.39, 0.29) is 0 Å². The molecule has 0 spiro atoms. The van der Waals surface area contributed by atoms with Crippen LogP contribution in [0.4, 0.5) is 13.2 Å². The Morgan fingerprint density at radius 3 is 2.75 bits per heavy atom. The van der Waals surface area contributed by atoms with Gasteiger partial charge in [0.05, 0.1) is 0 Å². The number of H-pyrrole nitrogens is 1. The average Bonchev–Trinajstić information content (AvgIpc) is 2.19. The van der Waals surface area contributed by atoms with Gasteiger partial charge in [0.25, 0.3) is 5.56 Å². The molecule has 0 saturated heterocycles. The van der Waals surface area contributed by atoms with Gasteiger partial charge in [0.2, 0.25) is 0 Å². The Morgan fingerprint density at radius 2 is 2.19 bits per heavy atom. The predicted octanol–water partition coefficient (Wildman–Crippen LogP) is 1.63. The van der Waals surface area contributed by atoms with Crippen molar-refractivity contribution in [1.29, 1.82) is 0 Å². The predicted molar refractivity (Wildman–Crippen MR) is 55.0 cm³/mol. The first-order chi connectivity index (χ1) is 7.45. The van der Waals surface area contributed by atoms with Gasteiger partial charge in [-0.2, -0.15) is 13.2 Å². The molecule has 6 heteroatoms. The molecule has 1 aromatic rings. The van der Waals surface area contributed by atoms with Crippen LogP contribution in [0.25, 0.3) is 6.08 Å². The van der Waals surface area contributed by atoms with Gasteiger partial charge < -0.3 is 10.3 Å². The number of aromatic nitrogens is 1. The summed E-state index contributed by atoms with van der Waals surface area (Å²) in [4.78, 5) is 13.0. The summed E-state index contributed by atoms with van der Waals surface area (Å²) in [6.45, 7) is 0.542. The van der Waals surface area contributed by atoms with Crippen LogP contribution in [0.15, 0.2) is 23.1 Å². The molecule has 0 radical (unpaired) electrons. The number of rotatable bonds is 3. The molecule has 0 amide bonds. The summed E-state index contributed by atoms with van der Waals surface area (Å²) in [6.07, 6.45) is -0.223. The van der Waals surface area contributed by atoms with E-state index in [4.69, 9.17) is 0 Å². The molecule has 0 aliphatic carbocycles. The number of hydrogen-bond donors (Lipinski definition) is 2. The molecule has 0 fully saturated rings. The van der Waals surface area contributed by atoms with Crippen LogP contribution in [-0.2, 0) is 6.18 Å². The molecule has 0 bridgehead atoms. The molecule has 1 rings (SSSR count). The van der Waals surface area contributed by atoms with Crippen LogP contribution >= 0.6 is 0 Å². The van der Waals surface area contributed by atoms with Crippen LogP contribution in [0.2, 0.25) is 0 Å². The monoisotopic (exact) mass is 232 g/mol. The van der Waals surface area contributed by atoms with Crippen LogP contribution in [0.1, 0.15) is 11.1 Å². The Kier molecular flexibility index (Phi) is 3.89. The second kappa shape index (κ2) is 4.98. The van der Waals surface area contributed by atoms with Gasteiger partial charge >= 0.3 is 6.18 Å². The molecule has 0 aromatic carbocycles. The summed E-state index contributed by atoms with van der Waals surface area (Å²) in [5.74, 6) is 0. The lowest BCUT2D eigenvalue weighted by molar-refractivity contribution is -0.138. The topological polar surface area (TPSA) is 44.9 Å². The number of pyridine rings is 1. The van der Waals surface area contributed by atoms with E-state index >= 15 is 0 Å². The molecule has 0 unspecified atom stereocenters. The van der Waals surface area contributed by atoms with Crippen molar-refractivity contribution in [2.45, 2.75) is 6.18 Å². The van der Waals surface area contributed by atoms with Crippen LogP contribution in [-0.4, -0.2) is 18.6 Å². The lowest BCUT2D eigenvalue weighted by Crippen LogP contribution is -2.21. The molecule has 0 atom stereocenters. The second-order valence-corrected chi connectivity index (χ2v) is 3.13. The van der Waals surface area contributed by atoms with Crippen molar-refractivity contribution in [3.63, 3.8) is 0 Å². The fraction of sp³-hybridized carbons (Fsp3) is 0.300. The minimum atomic E-state index is -4.62. The SMILES string of the molecule is CNCC=Cc1c[nH]c(=O)c(C(F)(F)F)c1. The van der Waals surface area contributed by atoms with Gasteiger partial charge in [-0.1, -0.05) is 12.2 Å². The molecule has 16 heavy (non-hydrogen) atoms. The minimum absolute atomic E-state index is 0.308. The summed E-state index contributed by atoms with van der Waals surface area (Å²) in [5, 5.41) is 2.81. The third-order valence-corrected chi connectivity index (χ3v) is 1.86. The average molecular weight is 232 g/mol. The standard InChI is InChI=1S/C10H11F3N2O/c1-14-4-2-3-7-5-8(10(11,12)13)9(16)15-6-7/h2-3,5-6,14H,4H2,1H3,(H,15,16). The van der Waals surface area contributed by atoms with Gasteiger partial charge in [0.15, 0.2) is 0 Å². The van der Waals surface area contributed by atoms with Gasteiger partial charge in [-0.3, -0.25) is 4.79 Å². The summed E-state index contributed by atoms with van der Waals surface area (Å²) in [5.41, 5.74) is -2.00. The molecule has 1 heterocycles. The molecule has 1 aromatic heterocycles. The fourth-order valence-corrected chi connectivity index (χ4v) is 1.12. The summed E-state index contributed by atoms with van der Waals surface area (Å²) >= 11 is 0. The first-order valence-corrected chi connectivity index (χ1v) is 4.56. The maximum Gasteiger partial charge on any atom is 0.421 e. The number of aromatic amines is 1. The van der Waals surface area contributed by atoms with E-state index in [0.29, 0.717) is 12.1 Å². The first kappa shape index (κ1) is 12.5. The molecule has 2 N–H and O–H groups in total. The molecule has 0 aliphatic rings. The van der Waals surface area contributed by atoms with E-state index in [1.165, 1.54) is 12.3 Å². The van der Waals surface area contributed by atoms with Crippen LogP contribution in [0, 0.1) is 0 Å². The lowest BCUT2D eigenvalue weighted by atomic mass is 10.2. The van der Waals surface area contributed by atoms with E-state index in [1.807, 2.05) is 0 Å². The summed E-state index contributed by atoms with van der Waals surface area (Å²) in [7, 11) is 1.72. The normalized spacial score (nSPS) is 12.2. The van der Waals surface area contributed by atoms with Crippen LogP contribution in [0.3, 0.4) is 0 Å². The second-order valence-electron chi connectivity index (χ2n) is 3.13. The van der Waals surface area contributed by atoms with Crippen LogP contribution < -0.4 is 10.9 Å².